The number of hydrogen-bond acceptors (Lipinski definition) is 2. The SMILES string of the molecule is CC(C)NC(=O)C1CCCC(NC(=O)CC=Cc2ccc(F)cc2)C1. The molecule has 0 heterocycles. The summed E-state index contributed by atoms with van der Waals surface area (Å²) in [6, 6.07) is 6.32. The maximum atomic E-state index is 12.8. The van der Waals surface area contributed by atoms with Crippen molar-refractivity contribution in [3.8, 4) is 0 Å². The fourth-order valence-corrected chi connectivity index (χ4v) is 3.12. The molecule has 0 aromatic heterocycles. The Balaban J connectivity index is 1.77. The molecule has 1 fully saturated rings. The lowest BCUT2D eigenvalue weighted by molar-refractivity contribution is -0.128. The minimum absolute atomic E-state index is 0.0174. The molecule has 1 aromatic rings. The predicted octanol–water partition coefficient (Wildman–Crippen LogP) is 3.43. The highest BCUT2D eigenvalue weighted by atomic mass is 19.1. The monoisotopic (exact) mass is 346 g/mol. The molecule has 0 radical (unpaired) electrons. The van der Waals surface area contributed by atoms with Crippen LogP contribution in [0, 0.1) is 11.7 Å². The average Bonchev–Trinajstić information content (AvgIpc) is 2.56. The number of benzene rings is 1. The molecule has 2 amide bonds. The fourth-order valence-electron chi connectivity index (χ4n) is 3.12. The van der Waals surface area contributed by atoms with Crippen LogP contribution in [0.4, 0.5) is 4.39 Å². The Kier molecular flexibility index (Phi) is 7.16. The van der Waals surface area contributed by atoms with E-state index in [0.29, 0.717) is 6.42 Å². The Morgan fingerprint density at radius 1 is 1.24 bits per heavy atom. The van der Waals surface area contributed by atoms with Gasteiger partial charge < -0.3 is 10.6 Å². The molecule has 1 aliphatic rings. The van der Waals surface area contributed by atoms with E-state index < -0.39 is 0 Å². The number of hydrogen-bond donors (Lipinski definition) is 2. The van der Waals surface area contributed by atoms with Crippen LogP contribution >= 0.6 is 0 Å². The van der Waals surface area contributed by atoms with Crippen molar-refractivity contribution < 1.29 is 14.0 Å². The summed E-state index contributed by atoms with van der Waals surface area (Å²) in [6.45, 7) is 3.90. The molecule has 4 nitrogen and oxygen atoms in total. The van der Waals surface area contributed by atoms with Crippen molar-refractivity contribution in [3.63, 3.8) is 0 Å². The number of carbonyl (C=O) groups is 2. The molecular weight excluding hydrogens is 319 g/mol. The molecule has 0 saturated heterocycles. The maximum absolute atomic E-state index is 12.8. The van der Waals surface area contributed by atoms with Crippen LogP contribution in [-0.2, 0) is 9.59 Å². The third-order valence-electron chi connectivity index (χ3n) is 4.32. The van der Waals surface area contributed by atoms with Crippen LogP contribution in [0.5, 0.6) is 0 Å². The summed E-state index contributed by atoms with van der Waals surface area (Å²) in [5.74, 6) is -0.252. The smallest absolute Gasteiger partial charge is 0.224 e. The van der Waals surface area contributed by atoms with E-state index in [0.717, 1.165) is 24.8 Å². The van der Waals surface area contributed by atoms with E-state index >= 15 is 0 Å². The number of nitrogens with one attached hydrogen (secondary N) is 2. The first-order chi connectivity index (χ1) is 11.9. The summed E-state index contributed by atoms with van der Waals surface area (Å²) in [5, 5.41) is 5.98. The highest BCUT2D eigenvalue weighted by Crippen LogP contribution is 2.24. The third kappa shape index (κ3) is 6.69. The van der Waals surface area contributed by atoms with Crippen LogP contribution in [0.25, 0.3) is 6.08 Å². The Hall–Kier alpha value is -2.17. The van der Waals surface area contributed by atoms with Gasteiger partial charge in [-0.05, 0) is 50.8 Å². The van der Waals surface area contributed by atoms with Crippen molar-refractivity contribution in [2.75, 3.05) is 0 Å². The summed E-state index contributed by atoms with van der Waals surface area (Å²) in [4.78, 5) is 24.2. The van der Waals surface area contributed by atoms with Crippen LogP contribution in [0.1, 0.15) is 51.5 Å². The van der Waals surface area contributed by atoms with Gasteiger partial charge in [0.15, 0.2) is 0 Å². The van der Waals surface area contributed by atoms with Crippen LogP contribution in [0.15, 0.2) is 30.3 Å². The molecular formula is C20H27FN2O2. The van der Waals surface area contributed by atoms with Crippen molar-refractivity contribution in [1.82, 2.24) is 10.6 Å². The molecule has 25 heavy (non-hydrogen) atoms. The van der Waals surface area contributed by atoms with Crippen molar-refractivity contribution in [1.29, 1.82) is 0 Å². The largest absolute Gasteiger partial charge is 0.354 e. The zero-order valence-corrected chi connectivity index (χ0v) is 14.9. The molecule has 2 atom stereocenters. The van der Waals surface area contributed by atoms with Gasteiger partial charge in [-0.3, -0.25) is 9.59 Å². The number of halogens is 1. The second kappa shape index (κ2) is 9.35. The molecule has 2 rings (SSSR count). The Morgan fingerprint density at radius 2 is 1.96 bits per heavy atom. The lowest BCUT2D eigenvalue weighted by Gasteiger charge is -2.29. The molecule has 0 spiro atoms. The van der Waals surface area contributed by atoms with Gasteiger partial charge in [0, 0.05) is 24.4 Å². The van der Waals surface area contributed by atoms with E-state index in [2.05, 4.69) is 10.6 Å². The summed E-state index contributed by atoms with van der Waals surface area (Å²) in [5.41, 5.74) is 0.859. The summed E-state index contributed by atoms with van der Waals surface area (Å²) < 4.78 is 12.8. The lowest BCUT2D eigenvalue weighted by atomic mass is 9.85. The van der Waals surface area contributed by atoms with Gasteiger partial charge in [-0.1, -0.05) is 30.7 Å². The first kappa shape index (κ1) is 19.2. The van der Waals surface area contributed by atoms with E-state index in [1.165, 1.54) is 12.1 Å². The van der Waals surface area contributed by atoms with Gasteiger partial charge in [-0.15, -0.1) is 0 Å². The van der Waals surface area contributed by atoms with E-state index in [1.54, 1.807) is 24.3 Å². The highest BCUT2D eigenvalue weighted by Gasteiger charge is 2.28. The standard InChI is InChI=1S/C20H27FN2O2/c1-14(2)22-20(25)16-6-4-7-18(13-16)23-19(24)8-3-5-15-9-11-17(21)12-10-15/h3,5,9-12,14,16,18H,4,6-8,13H2,1-2H3,(H,22,25)(H,23,24). The van der Waals surface area contributed by atoms with Gasteiger partial charge in [-0.25, -0.2) is 4.39 Å². The Morgan fingerprint density at radius 3 is 2.64 bits per heavy atom. The number of amides is 2. The summed E-state index contributed by atoms with van der Waals surface area (Å²) >= 11 is 0. The molecule has 1 saturated carbocycles. The first-order valence-corrected chi connectivity index (χ1v) is 8.96. The van der Waals surface area contributed by atoms with E-state index in [1.807, 2.05) is 13.8 Å². The van der Waals surface area contributed by atoms with Gasteiger partial charge in [-0.2, -0.15) is 0 Å². The fraction of sp³-hybridized carbons (Fsp3) is 0.500. The second-order valence-electron chi connectivity index (χ2n) is 6.95. The Labute approximate surface area is 148 Å². The Bertz CT molecular complexity index is 611. The lowest BCUT2D eigenvalue weighted by Crippen LogP contribution is -2.43. The number of carbonyl (C=O) groups excluding carboxylic acids is 2. The summed E-state index contributed by atoms with van der Waals surface area (Å²) in [6.07, 6.45) is 7.30. The molecule has 2 unspecified atom stereocenters. The second-order valence-corrected chi connectivity index (χ2v) is 6.95. The number of rotatable bonds is 6. The molecule has 0 aliphatic heterocycles. The van der Waals surface area contributed by atoms with Crippen molar-refractivity contribution in [2.24, 2.45) is 5.92 Å². The molecule has 5 heteroatoms. The van der Waals surface area contributed by atoms with Gasteiger partial charge in [0.25, 0.3) is 0 Å². The average molecular weight is 346 g/mol. The van der Waals surface area contributed by atoms with Gasteiger partial charge in [0.2, 0.25) is 11.8 Å². The molecule has 0 bridgehead atoms. The maximum Gasteiger partial charge on any atom is 0.224 e. The molecule has 1 aliphatic carbocycles. The zero-order chi connectivity index (χ0) is 18.2. The van der Waals surface area contributed by atoms with E-state index in [9.17, 15) is 14.0 Å². The minimum atomic E-state index is -0.275. The third-order valence-corrected chi connectivity index (χ3v) is 4.32. The van der Waals surface area contributed by atoms with Crippen molar-refractivity contribution in [2.45, 2.75) is 58.0 Å². The quantitative estimate of drug-likeness (QED) is 0.829. The van der Waals surface area contributed by atoms with E-state index in [-0.39, 0.29) is 42.1 Å². The van der Waals surface area contributed by atoms with Gasteiger partial charge in [0.1, 0.15) is 5.82 Å². The van der Waals surface area contributed by atoms with Crippen molar-refractivity contribution in [3.05, 3.63) is 41.7 Å². The normalized spacial score (nSPS) is 20.6. The highest BCUT2D eigenvalue weighted by molar-refractivity contribution is 5.80. The first-order valence-electron chi connectivity index (χ1n) is 8.96. The van der Waals surface area contributed by atoms with Crippen LogP contribution in [0.2, 0.25) is 0 Å². The van der Waals surface area contributed by atoms with Crippen molar-refractivity contribution >= 4 is 17.9 Å². The van der Waals surface area contributed by atoms with Gasteiger partial charge >= 0.3 is 0 Å². The van der Waals surface area contributed by atoms with Gasteiger partial charge in [0.05, 0.1) is 0 Å². The summed E-state index contributed by atoms with van der Waals surface area (Å²) in [7, 11) is 0. The molecule has 2 N–H and O–H groups in total. The zero-order valence-electron chi connectivity index (χ0n) is 14.9. The minimum Gasteiger partial charge on any atom is -0.354 e. The van der Waals surface area contributed by atoms with Crippen LogP contribution in [-0.4, -0.2) is 23.9 Å². The molecule has 136 valence electrons. The van der Waals surface area contributed by atoms with Crippen LogP contribution in [0.3, 0.4) is 0 Å². The van der Waals surface area contributed by atoms with Crippen LogP contribution < -0.4 is 10.6 Å². The predicted molar refractivity (Wildman–Crippen MR) is 97.2 cm³/mol. The van der Waals surface area contributed by atoms with E-state index in [4.69, 9.17) is 0 Å². The topological polar surface area (TPSA) is 58.2 Å². The molecule has 1 aromatic carbocycles.